The van der Waals surface area contributed by atoms with Gasteiger partial charge in [-0.3, -0.25) is 0 Å². The second-order valence-corrected chi connectivity index (χ2v) is 4.85. The molecule has 0 unspecified atom stereocenters. The minimum atomic E-state index is 0.328. The first-order valence-electron chi connectivity index (χ1n) is 5.80. The smallest absolute Gasteiger partial charge is 0.0304 e. The Bertz CT molecular complexity index is 157. The van der Waals surface area contributed by atoms with E-state index < -0.39 is 0 Å². The van der Waals surface area contributed by atoms with Crippen LogP contribution in [0.4, 0.5) is 0 Å². The first-order chi connectivity index (χ1) is 6.35. The van der Waals surface area contributed by atoms with Crippen molar-refractivity contribution in [1.82, 2.24) is 5.32 Å². The maximum Gasteiger partial charge on any atom is 0.0304 e. The molecule has 3 N–H and O–H groups in total. The van der Waals surface area contributed by atoms with Crippen molar-refractivity contribution < 1.29 is 0 Å². The van der Waals surface area contributed by atoms with Crippen LogP contribution >= 0.6 is 0 Å². The van der Waals surface area contributed by atoms with Gasteiger partial charge < -0.3 is 11.1 Å². The fraction of sp³-hybridized carbons (Fsp3) is 1.00. The second kappa shape index (κ2) is 3.97. The van der Waals surface area contributed by atoms with Gasteiger partial charge in [0.05, 0.1) is 0 Å². The van der Waals surface area contributed by atoms with Crippen LogP contribution in [0.1, 0.15) is 44.9 Å². The molecule has 0 saturated heterocycles. The third-order valence-corrected chi connectivity index (χ3v) is 3.70. The first kappa shape index (κ1) is 9.47. The van der Waals surface area contributed by atoms with Gasteiger partial charge in [-0.05, 0) is 31.7 Å². The van der Waals surface area contributed by atoms with Crippen LogP contribution in [0.2, 0.25) is 0 Å². The summed E-state index contributed by atoms with van der Waals surface area (Å²) in [4.78, 5) is 0. The van der Waals surface area contributed by atoms with E-state index in [9.17, 15) is 0 Å². The van der Waals surface area contributed by atoms with Gasteiger partial charge in [-0.15, -0.1) is 0 Å². The maximum atomic E-state index is 5.84. The Labute approximate surface area is 81.3 Å². The van der Waals surface area contributed by atoms with E-state index in [-0.39, 0.29) is 0 Å². The minimum Gasteiger partial charge on any atom is -0.329 e. The van der Waals surface area contributed by atoms with Crippen LogP contribution in [0, 0.1) is 5.92 Å². The van der Waals surface area contributed by atoms with Crippen LogP contribution in [0.5, 0.6) is 0 Å². The molecule has 13 heavy (non-hydrogen) atoms. The number of rotatable bonds is 5. The summed E-state index contributed by atoms with van der Waals surface area (Å²) in [5.41, 5.74) is 6.17. The third-order valence-electron chi connectivity index (χ3n) is 3.70. The molecule has 0 amide bonds. The summed E-state index contributed by atoms with van der Waals surface area (Å²) in [5, 5.41) is 3.69. The minimum absolute atomic E-state index is 0.328. The fourth-order valence-electron chi connectivity index (χ4n) is 2.45. The molecule has 2 aliphatic rings. The quantitative estimate of drug-likeness (QED) is 0.678. The van der Waals surface area contributed by atoms with E-state index in [1.54, 1.807) is 0 Å². The zero-order chi connectivity index (χ0) is 9.15. The molecule has 0 aliphatic heterocycles. The van der Waals surface area contributed by atoms with Crippen LogP contribution in [-0.2, 0) is 0 Å². The third kappa shape index (κ3) is 2.44. The number of nitrogens with one attached hydrogen (secondary N) is 1. The molecule has 2 rings (SSSR count). The van der Waals surface area contributed by atoms with Crippen LogP contribution in [-0.4, -0.2) is 18.6 Å². The molecule has 0 atom stereocenters. The van der Waals surface area contributed by atoms with Crippen molar-refractivity contribution in [1.29, 1.82) is 0 Å². The lowest BCUT2D eigenvalue weighted by Gasteiger charge is -2.28. The summed E-state index contributed by atoms with van der Waals surface area (Å²) in [5.74, 6) is 1.05. The van der Waals surface area contributed by atoms with E-state index in [0.29, 0.717) is 5.54 Å². The van der Waals surface area contributed by atoms with Crippen molar-refractivity contribution in [3.05, 3.63) is 0 Å². The Morgan fingerprint density at radius 3 is 2.46 bits per heavy atom. The summed E-state index contributed by atoms with van der Waals surface area (Å²) in [6, 6.07) is 0. The van der Waals surface area contributed by atoms with Crippen LogP contribution < -0.4 is 11.1 Å². The zero-order valence-electron chi connectivity index (χ0n) is 8.52. The van der Waals surface area contributed by atoms with Gasteiger partial charge in [0.15, 0.2) is 0 Å². The second-order valence-electron chi connectivity index (χ2n) is 4.85. The molecule has 0 radical (unpaired) electrons. The van der Waals surface area contributed by atoms with Crippen molar-refractivity contribution in [2.45, 2.75) is 50.5 Å². The molecule has 2 fully saturated rings. The molecular weight excluding hydrogens is 160 g/mol. The molecule has 2 heteroatoms. The van der Waals surface area contributed by atoms with Gasteiger partial charge in [-0.25, -0.2) is 0 Å². The lowest BCUT2D eigenvalue weighted by Crippen LogP contribution is -2.49. The van der Waals surface area contributed by atoms with E-state index in [1.165, 1.54) is 51.5 Å². The predicted octanol–water partition coefficient (Wildman–Crippen LogP) is 1.65. The van der Waals surface area contributed by atoms with Crippen molar-refractivity contribution in [2.24, 2.45) is 11.7 Å². The molecule has 0 heterocycles. The Kier molecular flexibility index (Phi) is 2.89. The van der Waals surface area contributed by atoms with E-state index in [2.05, 4.69) is 5.32 Å². The highest BCUT2D eigenvalue weighted by Gasteiger charge is 2.32. The predicted molar refractivity (Wildman–Crippen MR) is 55.6 cm³/mol. The van der Waals surface area contributed by atoms with Gasteiger partial charge in [-0.1, -0.05) is 25.7 Å². The summed E-state index contributed by atoms with van der Waals surface area (Å²) >= 11 is 0. The Morgan fingerprint density at radius 1 is 1.23 bits per heavy atom. The molecule has 2 saturated carbocycles. The van der Waals surface area contributed by atoms with Gasteiger partial charge in [0.2, 0.25) is 0 Å². The lowest BCUT2D eigenvalue weighted by atomic mass is 9.97. The summed E-state index contributed by atoms with van der Waals surface area (Å²) in [7, 11) is 0. The van der Waals surface area contributed by atoms with E-state index in [1.807, 2.05) is 0 Å². The summed E-state index contributed by atoms with van der Waals surface area (Å²) in [6.07, 6.45) is 9.65. The largest absolute Gasteiger partial charge is 0.329 e. The molecule has 0 aromatic heterocycles. The van der Waals surface area contributed by atoms with Crippen LogP contribution in [0.3, 0.4) is 0 Å². The van der Waals surface area contributed by atoms with Crippen molar-refractivity contribution >= 4 is 0 Å². The molecule has 76 valence electrons. The van der Waals surface area contributed by atoms with E-state index >= 15 is 0 Å². The Morgan fingerprint density at radius 2 is 1.92 bits per heavy atom. The Hall–Kier alpha value is -0.0800. The SMILES string of the molecule is NCC1(NCCC2CC2)CCCC1. The van der Waals surface area contributed by atoms with Gasteiger partial charge >= 0.3 is 0 Å². The molecule has 0 bridgehead atoms. The monoisotopic (exact) mass is 182 g/mol. The standard InChI is InChI=1S/C11H22N2/c12-9-11(6-1-2-7-11)13-8-5-10-3-4-10/h10,13H,1-9,12H2. The highest BCUT2D eigenvalue weighted by molar-refractivity contribution is 4.93. The van der Waals surface area contributed by atoms with E-state index in [0.717, 1.165) is 12.5 Å². The fourth-order valence-corrected chi connectivity index (χ4v) is 2.45. The van der Waals surface area contributed by atoms with E-state index in [4.69, 9.17) is 5.73 Å². The molecule has 2 nitrogen and oxygen atoms in total. The number of hydrogen-bond acceptors (Lipinski definition) is 2. The first-order valence-corrected chi connectivity index (χ1v) is 5.80. The van der Waals surface area contributed by atoms with Gasteiger partial charge in [0.25, 0.3) is 0 Å². The zero-order valence-corrected chi connectivity index (χ0v) is 8.52. The summed E-state index contributed by atoms with van der Waals surface area (Å²) < 4.78 is 0. The van der Waals surface area contributed by atoms with Gasteiger partial charge in [-0.2, -0.15) is 0 Å². The summed E-state index contributed by atoms with van der Waals surface area (Å²) in [6.45, 7) is 2.03. The van der Waals surface area contributed by atoms with Gasteiger partial charge in [0, 0.05) is 12.1 Å². The van der Waals surface area contributed by atoms with Gasteiger partial charge in [0.1, 0.15) is 0 Å². The average Bonchev–Trinajstić information content (AvgIpc) is 2.84. The molecule has 0 aromatic rings. The van der Waals surface area contributed by atoms with Crippen LogP contribution in [0.25, 0.3) is 0 Å². The normalized spacial score (nSPS) is 26.5. The Balaban J connectivity index is 1.69. The number of hydrogen-bond donors (Lipinski definition) is 2. The number of nitrogens with two attached hydrogens (primary N) is 1. The van der Waals surface area contributed by atoms with Crippen LogP contribution in [0.15, 0.2) is 0 Å². The average molecular weight is 182 g/mol. The highest BCUT2D eigenvalue weighted by Crippen LogP contribution is 2.33. The molecular formula is C11H22N2. The van der Waals surface area contributed by atoms with Crippen molar-refractivity contribution in [2.75, 3.05) is 13.1 Å². The van der Waals surface area contributed by atoms with Crippen molar-refractivity contribution in [3.8, 4) is 0 Å². The molecule has 0 spiro atoms. The maximum absolute atomic E-state index is 5.84. The topological polar surface area (TPSA) is 38.0 Å². The lowest BCUT2D eigenvalue weighted by molar-refractivity contribution is 0.336. The van der Waals surface area contributed by atoms with Crippen molar-refractivity contribution in [3.63, 3.8) is 0 Å². The highest BCUT2D eigenvalue weighted by atomic mass is 15.0. The molecule has 2 aliphatic carbocycles. The molecule has 0 aromatic carbocycles.